The number of ether oxygens (including phenoxy) is 1. The molecular weight excluding hydrogens is 412 g/mol. The van der Waals surface area contributed by atoms with Crippen molar-refractivity contribution < 1.29 is 13.2 Å². The molecule has 4 rings (SSSR count). The van der Waals surface area contributed by atoms with Gasteiger partial charge in [-0.25, -0.2) is 8.42 Å². The van der Waals surface area contributed by atoms with E-state index in [4.69, 9.17) is 9.72 Å². The van der Waals surface area contributed by atoms with Gasteiger partial charge in [-0.2, -0.15) is 9.40 Å². The highest BCUT2D eigenvalue weighted by Gasteiger charge is 2.33. The summed E-state index contributed by atoms with van der Waals surface area (Å²) in [6.45, 7) is 2.70. The minimum absolute atomic E-state index is 0.0748. The lowest BCUT2D eigenvalue weighted by Crippen LogP contribution is -2.39. The van der Waals surface area contributed by atoms with E-state index in [0.29, 0.717) is 25.2 Å². The smallest absolute Gasteiger partial charge is 0.246 e. The SMILES string of the molecule is COc1cccc(Cc2cccc([C@@H]3CCCN(S(=O)(=O)c4cn(C)nc4C)C3)n2)c1. The van der Waals surface area contributed by atoms with Gasteiger partial charge in [-0.1, -0.05) is 18.2 Å². The largest absolute Gasteiger partial charge is 0.497 e. The Morgan fingerprint density at radius 2 is 2.00 bits per heavy atom. The molecule has 3 aromatic rings. The first-order valence-electron chi connectivity index (χ1n) is 10.5. The number of nitrogens with zero attached hydrogens (tertiary/aromatic N) is 4. The molecule has 164 valence electrons. The van der Waals surface area contributed by atoms with E-state index < -0.39 is 10.0 Å². The molecule has 1 aromatic carbocycles. The third-order valence-electron chi connectivity index (χ3n) is 5.74. The molecule has 31 heavy (non-hydrogen) atoms. The molecule has 7 nitrogen and oxygen atoms in total. The van der Waals surface area contributed by atoms with Crippen LogP contribution in [-0.2, 0) is 23.5 Å². The van der Waals surface area contributed by atoms with Gasteiger partial charge in [-0.05, 0) is 49.6 Å². The summed E-state index contributed by atoms with van der Waals surface area (Å²) in [4.78, 5) is 5.17. The van der Waals surface area contributed by atoms with E-state index in [0.717, 1.165) is 35.5 Å². The van der Waals surface area contributed by atoms with E-state index in [1.54, 1.807) is 36.3 Å². The monoisotopic (exact) mass is 440 g/mol. The van der Waals surface area contributed by atoms with Gasteiger partial charge >= 0.3 is 0 Å². The van der Waals surface area contributed by atoms with Crippen LogP contribution < -0.4 is 4.74 Å². The second-order valence-corrected chi connectivity index (χ2v) is 9.94. The van der Waals surface area contributed by atoms with Crippen LogP contribution in [0.3, 0.4) is 0 Å². The van der Waals surface area contributed by atoms with Crippen molar-refractivity contribution >= 4 is 10.0 Å². The van der Waals surface area contributed by atoms with Crippen molar-refractivity contribution in [1.82, 2.24) is 19.1 Å². The molecule has 1 atom stereocenters. The maximum absolute atomic E-state index is 13.2. The fourth-order valence-corrected chi connectivity index (χ4v) is 5.91. The maximum atomic E-state index is 13.2. The van der Waals surface area contributed by atoms with Crippen molar-refractivity contribution in [2.24, 2.45) is 7.05 Å². The number of aryl methyl sites for hydroxylation is 2. The summed E-state index contributed by atoms with van der Waals surface area (Å²) >= 11 is 0. The van der Waals surface area contributed by atoms with Gasteiger partial charge in [0, 0.05) is 50.1 Å². The van der Waals surface area contributed by atoms with Gasteiger partial charge < -0.3 is 4.74 Å². The molecule has 1 saturated heterocycles. The van der Waals surface area contributed by atoms with Crippen molar-refractivity contribution in [3.63, 3.8) is 0 Å². The molecule has 0 spiro atoms. The van der Waals surface area contributed by atoms with Gasteiger partial charge in [0.2, 0.25) is 10.0 Å². The molecule has 3 heterocycles. The Balaban J connectivity index is 1.53. The van der Waals surface area contributed by atoms with Crippen LogP contribution in [-0.4, -0.2) is 47.7 Å². The van der Waals surface area contributed by atoms with E-state index in [-0.39, 0.29) is 10.8 Å². The summed E-state index contributed by atoms with van der Waals surface area (Å²) in [5.41, 5.74) is 3.57. The van der Waals surface area contributed by atoms with Crippen LogP contribution in [0, 0.1) is 6.92 Å². The van der Waals surface area contributed by atoms with Crippen LogP contribution in [0.4, 0.5) is 0 Å². The molecule has 0 saturated carbocycles. The Hall–Kier alpha value is -2.71. The first-order valence-corrected chi connectivity index (χ1v) is 11.9. The third kappa shape index (κ3) is 4.65. The number of rotatable bonds is 6. The number of piperidine rings is 1. The lowest BCUT2D eigenvalue weighted by Gasteiger charge is -2.31. The number of methoxy groups -OCH3 is 1. The van der Waals surface area contributed by atoms with Crippen LogP contribution in [0.1, 0.15) is 41.4 Å². The Morgan fingerprint density at radius 1 is 1.19 bits per heavy atom. The van der Waals surface area contributed by atoms with Crippen molar-refractivity contribution in [3.05, 3.63) is 71.3 Å². The number of benzene rings is 1. The fraction of sp³-hybridized carbons (Fsp3) is 0.391. The van der Waals surface area contributed by atoms with Crippen LogP contribution in [0.2, 0.25) is 0 Å². The molecular formula is C23H28N4O3S. The van der Waals surface area contributed by atoms with E-state index in [9.17, 15) is 8.42 Å². The highest BCUT2D eigenvalue weighted by molar-refractivity contribution is 7.89. The normalized spacial score (nSPS) is 17.6. The molecule has 0 amide bonds. The van der Waals surface area contributed by atoms with Gasteiger partial charge in [0.05, 0.1) is 12.8 Å². The zero-order chi connectivity index (χ0) is 22.0. The van der Waals surface area contributed by atoms with Crippen LogP contribution in [0.15, 0.2) is 53.6 Å². The number of hydrogen-bond acceptors (Lipinski definition) is 5. The van der Waals surface area contributed by atoms with Gasteiger partial charge in [0.25, 0.3) is 0 Å². The van der Waals surface area contributed by atoms with Crippen LogP contribution in [0.5, 0.6) is 5.75 Å². The predicted octanol–water partition coefficient (Wildman–Crippen LogP) is 3.29. The number of sulfonamides is 1. The van der Waals surface area contributed by atoms with Gasteiger partial charge in [0.1, 0.15) is 10.6 Å². The molecule has 0 bridgehead atoms. The highest BCUT2D eigenvalue weighted by Crippen LogP contribution is 2.30. The van der Waals surface area contributed by atoms with Gasteiger partial charge in [-0.3, -0.25) is 9.67 Å². The summed E-state index contributed by atoms with van der Waals surface area (Å²) < 4.78 is 34.9. The van der Waals surface area contributed by atoms with Gasteiger partial charge in [0.15, 0.2) is 0 Å². The topological polar surface area (TPSA) is 77.3 Å². The first kappa shape index (κ1) is 21.5. The minimum atomic E-state index is -3.57. The molecule has 0 N–H and O–H groups in total. The van der Waals surface area contributed by atoms with Gasteiger partial charge in [-0.15, -0.1) is 0 Å². The fourth-order valence-electron chi connectivity index (χ4n) is 4.19. The number of hydrogen-bond donors (Lipinski definition) is 0. The molecule has 2 aromatic heterocycles. The molecule has 0 radical (unpaired) electrons. The van der Waals surface area contributed by atoms with E-state index in [1.165, 1.54) is 0 Å². The lowest BCUT2D eigenvalue weighted by molar-refractivity contribution is 0.312. The zero-order valence-electron chi connectivity index (χ0n) is 18.2. The van der Waals surface area contributed by atoms with Crippen molar-refractivity contribution in [3.8, 4) is 5.75 Å². The Bertz CT molecular complexity index is 1170. The van der Waals surface area contributed by atoms with E-state index in [2.05, 4.69) is 11.2 Å². The first-order chi connectivity index (χ1) is 14.9. The second-order valence-electron chi connectivity index (χ2n) is 8.04. The number of aromatic nitrogens is 3. The number of pyridine rings is 1. The second kappa shape index (κ2) is 8.80. The molecule has 8 heteroatoms. The molecule has 1 aliphatic heterocycles. The molecule has 1 aliphatic rings. The third-order valence-corrected chi connectivity index (χ3v) is 7.70. The average Bonchev–Trinajstić information content (AvgIpc) is 3.13. The molecule has 0 unspecified atom stereocenters. The summed E-state index contributed by atoms with van der Waals surface area (Å²) in [5.74, 6) is 0.901. The molecule has 0 aliphatic carbocycles. The van der Waals surface area contributed by atoms with Crippen molar-refractivity contribution in [1.29, 1.82) is 0 Å². The quantitative estimate of drug-likeness (QED) is 0.588. The lowest BCUT2D eigenvalue weighted by atomic mass is 9.95. The Kier molecular flexibility index (Phi) is 6.11. The standard InChI is InChI=1S/C23H28N4O3S/c1-17-23(16-26(2)25-17)31(28,29)27-12-6-8-19(15-27)22-11-5-9-20(24-22)13-18-7-4-10-21(14-18)30-3/h4-5,7,9-11,14,16,19H,6,8,12-13,15H2,1-3H3/t19-/m1/s1. The summed E-state index contributed by atoms with van der Waals surface area (Å²) in [6, 6.07) is 14.0. The zero-order valence-corrected chi connectivity index (χ0v) is 19.0. The van der Waals surface area contributed by atoms with Crippen molar-refractivity contribution in [2.45, 2.75) is 37.0 Å². The molecule has 1 fully saturated rings. The Labute approximate surface area is 183 Å². The highest BCUT2D eigenvalue weighted by atomic mass is 32.2. The Morgan fingerprint density at radius 3 is 2.74 bits per heavy atom. The average molecular weight is 441 g/mol. The van der Waals surface area contributed by atoms with E-state index >= 15 is 0 Å². The summed E-state index contributed by atoms with van der Waals surface area (Å²) in [6.07, 6.45) is 4.02. The minimum Gasteiger partial charge on any atom is -0.497 e. The summed E-state index contributed by atoms with van der Waals surface area (Å²) in [5, 5.41) is 4.20. The predicted molar refractivity (Wildman–Crippen MR) is 119 cm³/mol. The van der Waals surface area contributed by atoms with Crippen molar-refractivity contribution in [2.75, 3.05) is 20.2 Å². The van der Waals surface area contributed by atoms with Crippen LogP contribution in [0.25, 0.3) is 0 Å². The summed E-state index contributed by atoms with van der Waals surface area (Å²) in [7, 11) is -0.171. The van der Waals surface area contributed by atoms with Crippen LogP contribution >= 0.6 is 0 Å². The van der Waals surface area contributed by atoms with E-state index in [1.807, 2.05) is 36.4 Å². The maximum Gasteiger partial charge on any atom is 0.246 e.